The molecule has 1 aromatic carbocycles. The number of amides is 1. The number of hydrogen-bond donors (Lipinski definition) is 1. The molecule has 0 atom stereocenters. The molecule has 0 aliphatic rings. The molecule has 4 nitrogen and oxygen atoms in total. The van der Waals surface area contributed by atoms with Crippen LogP contribution in [0, 0.1) is 0 Å². The number of anilines is 1. The summed E-state index contributed by atoms with van der Waals surface area (Å²) in [5.41, 5.74) is 2.70. The zero-order valence-corrected chi connectivity index (χ0v) is 16.7. The third-order valence-electron chi connectivity index (χ3n) is 3.67. The largest absolute Gasteiger partial charge is 0.325 e. The van der Waals surface area contributed by atoms with Crippen molar-refractivity contribution in [1.29, 1.82) is 0 Å². The number of carbonyl (C=O) groups is 2. The number of nitrogens with zero attached hydrogens (tertiary/aromatic N) is 1. The monoisotopic (exact) mass is 402 g/mol. The molecule has 0 aliphatic heterocycles. The van der Waals surface area contributed by atoms with E-state index in [2.05, 4.69) is 17.2 Å². The highest BCUT2D eigenvalue weighted by molar-refractivity contribution is 8.01. The van der Waals surface area contributed by atoms with Crippen molar-refractivity contribution in [2.24, 2.45) is 0 Å². The van der Waals surface area contributed by atoms with E-state index in [0.29, 0.717) is 5.75 Å². The number of nitrogens with one attached hydrogen (secondary N) is 1. The molecule has 0 unspecified atom stereocenters. The van der Waals surface area contributed by atoms with Crippen molar-refractivity contribution in [2.75, 3.05) is 11.1 Å². The number of aryl methyl sites for hydroxylation is 1. The number of ketones is 1. The Balaban J connectivity index is 1.53. The number of rotatable bonds is 8. The van der Waals surface area contributed by atoms with Crippen molar-refractivity contribution >= 4 is 51.8 Å². The van der Waals surface area contributed by atoms with Crippen LogP contribution in [0.1, 0.15) is 27.9 Å². The Labute approximate surface area is 164 Å². The normalized spacial score (nSPS) is 10.7. The summed E-state index contributed by atoms with van der Waals surface area (Å²) >= 11 is 4.34. The van der Waals surface area contributed by atoms with Crippen molar-refractivity contribution in [3.8, 4) is 0 Å². The topological polar surface area (TPSA) is 59.1 Å². The summed E-state index contributed by atoms with van der Waals surface area (Å²) in [7, 11) is 0. The number of benzene rings is 1. The van der Waals surface area contributed by atoms with Crippen LogP contribution in [0.2, 0.25) is 0 Å². The highest BCUT2D eigenvalue weighted by atomic mass is 32.2. The summed E-state index contributed by atoms with van der Waals surface area (Å²) in [6.45, 7) is 2.06. The predicted octanol–water partition coefficient (Wildman–Crippen LogP) is 4.92. The Bertz CT molecular complexity index is 888. The third-order valence-corrected chi connectivity index (χ3v) is 6.65. The highest BCUT2D eigenvalue weighted by Crippen LogP contribution is 2.25. The van der Waals surface area contributed by atoms with Crippen molar-refractivity contribution in [3.63, 3.8) is 0 Å². The molecule has 0 radical (unpaired) electrons. The van der Waals surface area contributed by atoms with Gasteiger partial charge in [0.15, 0.2) is 10.1 Å². The Morgan fingerprint density at radius 1 is 1.15 bits per heavy atom. The molecule has 0 saturated carbocycles. The molecule has 7 heteroatoms. The van der Waals surface area contributed by atoms with Crippen LogP contribution in [-0.2, 0) is 17.6 Å². The maximum Gasteiger partial charge on any atom is 0.230 e. The maximum atomic E-state index is 12.3. The number of carbonyl (C=O) groups excluding carboxylic acids is 2. The van der Waals surface area contributed by atoms with E-state index >= 15 is 0 Å². The molecule has 0 saturated heterocycles. The van der Waals surface area contributed by atoms with E-state index in [1.54, 1.807) is 0 Å². The van der Waals surface area contributed by atoms with Gasteiger partial charge >= 0.3 is 0 Å². The molecule has 26 heavy (non-hydrogen) atoms. The third kappa shape index (κ3) is 5.03. The first kappa shape index (κ1) is 18.8. The lowest BCUT2D eigenvalue weighted by Gasteiger charge is -2.08. The van der Waals surface area contributed by atoms with E-state index in [0.717, 1.165) is 32.6 Å². The molecule has 1 amide bonds. The Hall–Kier alpha value is -1.96. The molecule has 0 aliphatic carbocycles. The molecule has 2 heterocycles. The first-order chi connectivity index (χ1) is 12.7. The number of thioether (sulfide) groups is 1. The van der Waals surface area contributed by atoms with Gasteiger partial charge in [-0.25, -0.2) is 4.98 Å². The molecule has 3 rings (SSSR count). The number of hydrogen-bond acceptors (Lipinski definition) is 6. The van der Waals surface area contributed by atoms with Gasteiger partial charge in [-0.1, -0.05) is 43.0 Å². The summed E-state index contributed by atoms with van der Waals surface area (Å²) in [5, 5.41) is 6.73. The van der Waals surface area contributed by atoms with Crippen LogP contribution in [0.15, 0.2) is 51.5 Å². The van der Waals surface area contributed by atoms with E-state index in [4.69, 9.17) is 0 Å². The standard InChI is InChI=1S/C19H18N2O2S3/c1-2-13-6-3-4-7-15(13)21-18(23)10-14-11-25-19(20-14)26-12-16(22)17-8-5-9-24-17/h3-9,11H,2,10,12H2,1H3,(H,21,23). The van der Waals surface area contributed by atoms with Gasteiger partial charge in [-0.3, -0.25) is 9.59 Å². The van der Waals surface area contributed by atoms with Gasteiger partial charge in [-0.05, 0) is 29.5 Å². The second-order valence-electron chi connectivity index (χ2n) is 5.53. The fourth-order valence-corrected chi connectivity index (χ4v) is 4.86. The molecule has 0 fully saturated rings. The number of aromatic nitrogens is 1. The number of thiazole rings is 1. The van der Waals surface area contributed by atoms with Crippen LogP contribution in [0.3, 0.4) is 0 Å². The second kappa shape index (κ2) is 9.12. The Morgan fingerprint density at radius 3 is 2.77 bits per heavy atom. The Morgan fingerprint density at radius 2 is 2.00 bits per heavy atom. The van der Waals surface area contributed by atoms with E-state index in [1.165, 1.54) is 34.4 Å². The highest BCUT2D eigenvalue weighted by Gasteiger charge is 2.12. The minimum atomic E-state index is -0.0811. The molecule has 134 valence electrons. The Kier molecular flexibility index (Phi) is 6.60. The summed E-state index contributed by atoms with van der Waals surface area (Å²) < 4.78 is 0.812. The minimum Gasteiger partial charge on any atom is -0.325 e. The minimum absolute atomic E-state index is 0.0811. The van der Waals surface area contributed by atoms with Gasteiger partial charge in [0.1, 0.15) is 0 Å². The smallest absolute Gasteiger partial charge is 0.230 e. The zero-order chi connectivity index (χ0) is 18.4. The average Bonchev–Trinajstić information content (AvgIpc) is 3.32. The quantitative estimate of drug-likeness (QED) is 0.429. The van der Waals surface area contributed by atoms with Crippen LogP contribution >= 0.6 is 34.4 Å². The SMILES string of the molecule is CCc1ccccc1NC(=O)Cc1csc(SCC(=O)c2cccs2)n1. The maximum absolute atomic E-state index is 12.3. The predicted molar refractivity (Wildman–Crippen MR) is 110 cm³/mol. The van der Waals surface area contributed by atoms with E-state index in [9.17, 15) is 9.59 Å². The van der Waals surface area contributed by atoms with Gasteiger partial charge in [-0.15, -0.1) is 22.7 Å². The average molecular weight is 403 g/mol. The summed E-state index contributed by atoms with van der Waals surface area (Å²) in [5.74, 6) is 0.391. The van der Waals surface area contributed by atoms with Crippen molar-refractivity contribution in [3.05, 3.63) is 63.3 Å². The molecule has 3 aromatic rings. The van der Waals surface area contributed by atoms with Crippen molar-refractivity contribution < 1.29 is 9.59 Å². The second-order valence-corrected chi connectivity index (χ2v) is 8.56. The molecule has 0 bridgehead atoms. The van der Waals surface area contributed by atoms with Gasteiger partial charge in [0.25, 0.3) is 0 Å². The number of Topliss-reactive ketones (excluding diaryl/α,β-unsaturated/α-hetero) is 1. The van der Waals surface area contributed by atoms with Gasteiger partial charge in [0, 0.05) is 11.1 Å². The molecular formula is C19H18N2O2S3. The lowest BCUT2D eigenvalue weighted by Crippen LogP contribution is -2.15. The van der Waals surface area contributed by atoms with E-state index in [-0.39, 0.29) is 18.1 Å². The molecule has 0 spiro atoms. The lowest BCUT2D eigenvalue weighted by molar-refractivity contribution is -0.115. The van der Waals surface area contributed by atoms with E-state index < -0.39 is 0 Å². The van der Waals surface area contributed by atoms with Crippen LogP contribution in [0.25, 0.3) is 0 Å². The molecule has 1 N–H and O–H groups in total. The zero-order valence-electron chi connectivity index (χ0n) is 14.2. The van der Waals surface area contributed by atoms with Gasteiger partial charge in [-0.2, -0.15) is 0 Å². The fraction of sp³-hybridized carbons (Fsp3) is 0.211. The summed E-state index contributed by atoms with van der Waals surface area (Å²) in [6.07, 6.45) is 1.10. The number of para-hydroxylation sites is 1. The molecular weight excluding hydrogens is 384 g/mol. The van der Waals surface area contributed by atoms with Crippen LogP contribution < -0.4 is 5.32 Å². The molecule has 2 aromatic heterocycles. The fourth-order valence-electron chi connectivity index (χ4n) is 2.38. The van der Waals surface area contributed by atoms with Crippen LogP contribution in [-0.4, -0.2) is 22.4 Å². The lowest BCUT2D eigenvalue weighted by atomic mass is 10.1. The summed E-state index contributed by atoms with van der Waals surface area (Å²) in [6, 6.07) is 11.5. The van der Waals surface area contributed by atoms with Gasteiger partial charge < -0.3 is 5.32 Å². The van der Waals surface area contributed by atoms with Gasteiger partial charge in [0.05, 0.1) is 22.7 Å². The van der Waals surface area contributed by atoms with Crippen LogP contribution in [0.4, 0.5) is 5.69 Å². The first-order valence-corrected chi connectivity index (χ1v) is 10.9. The van der Waals surface area contributed by atoms with Crippen molar-refractivity contribution in [1.82, 2.24) is 4.98 Å². The van der Waals surface area contributed by atoms with Crippen LogP contribution in [0.5, 0.6) is 0 Å². The summed E-state index contributed by atoms with van der Waals surface area (Å²) in [4.78, 5) is 29.5. The first-order valence-electron chi connectivity index (χ1n) is 8.17. The number of thiophene rings is 1. The van der Waals surface area contributed by atoms with Crippen molar-refractivity contribution in [2.45, 2.75) is 24.1 Å². The van der Waals surface area contributed by atoms with Gasteiger partial charge in [0.2, 0.25) is 5.91 Å². The van der Waals surface area contributed by atoms with E-state index in [1.807, 2.05) is 47.2 Å².